The molecule has 1 unspecified atom stereocenters. The highest BCUT2D eigenvalue weighted by molar-refractivity contribution is 6.42. The summed E-state index contributed by atoms with van der Waals surface area (Å²) in [5.41, 5.74) is 1.66. The highest BCUT2D eigenvalue weighted by atomic mass is 35.5. The van der Waals surface area contributed by atoms with Crippen LogP contribution in [0.2, 0.25) is 10.0 Å². The summed E-state index contributed by atoms with van der Waals surface area (Å²) in [4.78, 5) is 26.3. The summed E-state index contributed by atoms with van der Waals surface area (Å²) < 4.78 is 0. The van der Waals surface area contributed by atoms with Gasteiger partial charge in [0.2, 0.25) is 11.8 Å². The molecule has 2 amide bonds. The average molecular weight is 421 g/mol. The minimum atomic E-state index is -0.748. The molecule has 0 spiro atoms. The van der Waals surface area contributed by atoms with Gasteiger partial charge in [-0.25, -0.2) is 0 Å². The van der Waals surface area contributed by atoms with Crippen molar-refractivity contribution in [3.05, 3.63) is 75.8 Å². The molecule has 0 bridgehead atoms. The molecule has 0 radical (unpaired) electrons. The zero-order valence-corrected chi connectivity index (χ0v) is 17.0. The van der Waals surface area contributed by atoms with E-state index in [1.165, 1.54) is 11.0 Å². The van der Waals surface area contributed by atoms with Crippen molar-refractivity contribution in [2.75, 3.05) is 13.2 Å². The molecule has 2 N–H and O–H groups in total. The molecule has 28 heavy (non-hydrogen) atoms. The highest BCUT2D eigenvalue weighted by Gasteiger charge is 2.21. The van der Waals surface area contributed by atoms with Crippen molar-refractivity contribution < 1.29 is 14.7 Å². The first kappa shape index (κ1) is 22.0. The number of hydrogen-bond donors (Lipinski definition) is 2. The van der Waals surface area contributed by atoms with Crippen LogP contribution in [0.5, 0.6) is 0 Å². The van der Waals surface area contributed by atoms with Crippen molar-refractivity contribution in [1.29, 1.82) is 0 Å². The van der Waals surface area contributed by atoms with Gasteiger partial charge in [0, 0.05) is 19.2 Å². The largest absolute Gasteiger partial charge is 0.395 e. The fraction of sp³-hybridized carbons (Fsp3) is 0.238. The second kappa shape index (κ2) is 10.9. The topological polar surface area (TPSA) is 69.6 Å². The van der Waals surface area contributed by atoms with E-state index in [9.17, 15) is 14.7 Å². The second-order valence-corrected chi connectivity index (χ2v) is 7.02. The van der Waals surface area contributed by atoms with Crippen LogP contribution in [-0.4, -0.2) is 41.0 Å². The van der Waals surface area contributed by atoms with Crippen LogP contribution in [0.3, 0.4) is 0 Å². The molecular formula is C21H22Cl2N2O3. The van der Waals surface area contributed by atoms with Crippen LogP contribution in [0, 0.1) is 0 Å². The van der Waals surface area contributed by atoms with Gasteiger partial charge in [-0.2, -0.15) is 0 Å². The Hall–Kier alpha value is -2.34. The van der Waals surface area contributed by atoms with Crippen molar-refractivity contribution in [3.8, 4) is 0 Å². The summed E-state index contributed by atoms with van der Waals surface area (Å²) in [6.07, 6.45) is 3.06. The Bertz CT molecular complexity index is 841. The maximum absolute atomic E-state index is 12.7. The van der Waals surface area contributed by atoms with E-state index in [0.717, 1.165) is 11.1 Å². The summed E-state index contributed by atoms with van der Waals surface area (Å²) >= 11 is 11.9. The molecular weight excluding hydrogens is 399 g/mol. The number of rotatable bonds is 8. The van der Waals surface area contributed by atoms with Crippen LogP contribution in [0.1, 0.15) is 18.1 Å². The lowest BCUT2D eigenvalue weighted by molar-refractivity contribution is -0.136. The first-order valence-electron chi connectivity index (χ1n) is 8.78. The lowest BCUT2D eigenvalue weighted by atomic mass is 10.2. The Labute approximate surface area is 174 Å². The minimum absolute atomic E-state index is 0.138. The Balaban J connectivity index is 1.99. The van der Waals surface area contributed by atoms with Gasteiger partial charge in [-0.15, -0.1) is 0 Å². The Morgan fingerprint density at radius 3 is 2.50 bits per heavy atom. The Morgan fingerprint density at radius 1 is 1.14 bits per heavy atom. The van der Waals surface area contributed by atoms with Crippen LogP contribution in [0.15, 0.2) is 54.6 Å². The number of carbonyl (C=O) groups is 2. The lowest BCUT2D eigenvalue weighted by Crippen LogP contribution is -2.47. The predicted molar refractivity (Wildman–Crippen MR) is 112 cm³/mol. The molecule has 0 aliphatic rings. The minimum Gasteiger partial charge on any atom is -0.395 e. The number of aliphatic hydroxyl groups excluding tert-OH is 1. The molecule has 0 fully saturated rings. The average Bonchev–Trinajstić information content (AvgIpc) is 2.69. The van der Waals surface area contributed by atoms with E-state index in [0.29, 0.717) is 10.0 Å². The number of amides is 2. The number of nitrogens with zero attached hydrogens (tertiary/aromatic N) is 1. The van der Waals surface area contributed by atoms with Crippen LogP contribution >= 0.6 is 23.2 Å². The van der Waals surface area contributed by atoms with Gasteiger partial charge in [0.1, 0.15) is 6.04 Å². The molecule has 2 aromatic rings. The fourth-order valence-electron chi connectivity index (χ4n) is 2.58. The zero-order valence-electron chi connectivity index (χ0n) is 15.4. The monoisotopic (exact) mass is 420 g/mol. The van der Waals surface area contributed by atoms with Crippen molar-refractivity contribution in [1.82, 2.24) is 10.2 Å². The van der Waals surface area contributed by atoms with Gasteiger partial charge >= 0.3 is 0 Å². The van der Waals surface area contributed by atoms with Crippen LogP contribution in [0.25, 0.3) is 6.08 Å². The van der Waals surface area contributed by atoms with Gasteiger partial charge in [0.05, 0.1) is 16.7 Å². The molecule has 148 valence electrons. The molecule has 2 aromatic carbocycles. The summed E-state index contributed by atoms with van der Waals surface area (Å²) in [6.45, 7) is 1.80. The van der Waals surface area contributed by atoms with Crippen LogP contribution in [0.4, 0.5) is 0 Å². The van der Waals surface area contributed by atoms with Crippen LogP contribution in [-0.2, 0) is 16.1 Å². The summed E-state index contributed by atoms with van der Waals surface area (Å²) in [5.74, 6) is -0.676. The number of hydrogen-bond acceptors (Lipinski definition) is 3. The van der Waals surface area contributed by atoms with Crippen molar-refractivity contribution in [2.24, 2.45) is 0 Å². The number of carbonyl (C=O) groups excluding carboxylic acids is 2. The van der Waals surface area contributed by atoms with E-state index in [2.05, 4.69) is 5.32 Å². The van der Waals surface area contributed by atoms with Crippen molar-refractivity contribution in [3.63, 3.8) is 0 Å². The highest BCUT2D eigenvalue weighted by Crippen LogP contribution is 2.23. The summed E-state index contributed by atoms with van der Waals surface area (Å²) in [7, 11) is 0. The molecule has 0 saturated carbocycles. The normalized spacial score (nSPS) is 12.0. The van der Waals surface area contributed by atoms with Gasteiger partial charge in [-0.05, 0) is 36.3 Å². The molecule has 0 heterocycles. The molecule has 1 atom stereocenters. The quantitative estimate of drug-likeness (QED) is 0.641. The molecule has 0 aromatic heterocycles. The maximum atomic E-state index is 12.7. The molecule has 7 heteroatoms. The maximum Gasteiger partial charge on any atom is 0.245 e. The molecule has 0 saturated heterocycles. The van der Waals surface area contributed by atoms with Crippen molar-refractivity contribution >= 4 is 41.1 Å². The van der Waals surface area contributed by atoms with E-state index < -0.39 is 6.04 Å². The fourth-order valence-corrected chi connectivity index (χ4v) is 2.90. The smallest absolute Gasteiger partial charge is 0.245 e. The van der Waals surface area contributed by atoms with Gasteiger partial charge in [-0.1, -0.05) is 59.6 Å². The molecule has 0 aliphatic carbocycles. The first-order chi connectivity index (χ1) is 13.4. The third kappa shape index (κ3) is 6.68. The first-order valence-corrected chi connectivity index (χ1v) is 9.53. The Morgan fingerprint density at radius 2 is 1.86 bits per heavy atom. The third-order valence-corrected chi connectivity index (χ3v) is 4.73. The van der Waals surface area contributed by atoms with Gasteiger partial charge in [0.15, 0.2) is 0 Å². The van der Waals surface area contributed by atoms with E-state index >= 15 is 0 Å². The van der Waals surface area contributed by atoms with E-state index in [1.54, 1.807) is 31.2 Å². The van der Waals surface area contributed by atoms with Gasteiger partial charge in [-0.3, -0.25) is 9.59 Å². The molecule has 2 rings (SSSR count). The molecule has 5 nitrogen and oxygen atoms in total. The standard InChI is InChI=1S/C21H22Cl2N2O3/c1-15(24-20(27)10-8-16-5-3-2-4-6-16)21(28)25(11-12-26)14-17-7-9-18(22)19(23)13-17/h2-10,13,15,26H,11-12,14H2,1H3,(H,24,27)/b10-8+. The van der Waals surface area contributed by atoms with Crippen LogP contribution < -0.4 is 5.32 Å². The summed E-state index contributed by atoms with van der Waals surface area (Å²) in [6, 6.07) is 13.7. The predicted octanol–water partition coefficient (Wildman–Crippen LogP) is 3.53. The molecule has 0 aliphatic heterocycles. The SMILES string of the molecule is CC(NC(=O)/C=C/c1ccccc1)C(=O)N(CCO)Cc1ccc(Cl)c(Cl)c1. The van der Waals surface area contributed by atoms with Gasteiger partial charge in [0.25, 0.3) is 0 Å². The van der Waals surface area contributed by atoms with Crippen molar-refractivity contribution in [2.45, 2.75) is 19.5 Å². The lowest BCUT2D eigenvalue weighted by Gasteiger charge is -2.25. The van der Waals surface area contributed by atoms with E-state index in [4.69, 9.17) is 23.2 Å². The number of nitrogens with one attached hydrogen (secondary N) is 1. The van der Waals surface area contributed by atoms with Gasteiger partial charge < -0.3 is 15.3 Å². The second-order valence-electron chi connectivity index (χ2n) is 6.21. The Kier molecular flexibility index (Phi) is 8.51. The number of aliphatic hydroxyl groups is 1. The summed E-state index contributed by atoms with van der Waals surface area (Å²) in [5, 5.41) is 12.8. The van der Waals surface area contributed by atoms with E-state index in [1.807, 2.05) is 30.3 Å². The third-order valence-electron chi connectivity index (χ3n) is 3.99. The number of benzene rings is 2. The van der Waals surface area contributed by atoms with E-state index in [-0.39, 0.29) is 31.5 Å². The number of halogens is 2. The zero-order chi connectivity index (χ0) is 20.5.